The smallest absolute Gasteiger partial charge is 0.165 e. The van der Waals surface area contributed by atoms with E-state index in [9.17, 15) is 0 Å². The van der Waals surface area contributed by atoms with Crippen molar-refractivity contribution in [1.29, 1.82) is 0 Å². The largest absolute Gasteiger partial charge is 0.384 e. The van der Waals surface area contributed by atoms with Crippen LogP contribution in [0.25, 0.3) is 17.0 Å². The number of nitrogens with one attached hydrogen (secondary N) is 1. The fourth-order valence-corrected chi connectivity index (χ4v) is 2.67. The Balaban J connectivity index is 1.81. The van der Waals surface area contributed by atoms with Crippen molar-refractivity contribution in [2.24, 2.45) is 0 Å². The molecule has 4 rings (SSSR count). The molecule has 0 amide bonds. The average molecular weight is 332 g/mol. The van der Waals surface area contributed by atoms with Gasteiger partial charge in [-0.2, -0.15) is 0 Å². The number of anilines is 2. The molecule has 0 aliphatic carbocycles. The second-order valence-electron chi connectivity index (χ2n) is 5.53. The second kappa shape index (κ2) is 6.16. The van der Waals surface area contributed by atoms with E-state index in [1.807, 2.05) is 41.8 Å². The number of hydrogen-bond acceptors (Lipinski definition) is 7. The number of imidazole rings is 1. The number of nitrogen functional groups attached to an aromatic ring is 1. The quantitative estimate of drug-likeness (QED) is 0.590. The van der Waals surface area contributed by atoms with Crippen molar-refractivity contribution in [3.05, 3.63) is 60.9 Å². The topological polar surface area (TPSA) is 107 Å². The summed E-state index contributed by atoms with van der Waals surface area (Å²) in [4.78, 5) is 21.7. The molecular formula is C17H16N8. The predicted octanol–water partition coefficient (Wildman–Crippen LogP) is 2.36. The molecule has 1 atom stereocenters. The highest BCUT2D eigenvalue weighted by Crippen LogP contribution is 2.25. The molecule has 0 bridgehead atoms. The van der Waals surface area contributed by atoms with Crippen LogP contribution in [0.1, 0.15) is 18.8 Å². The summed E-state index contributed by atoms with van der Waals surface area (Å²) in [5, 5.41) is 3.30. The van der Waals surface area contributed by atoms with Gasteiger partial charge in [-0.1, -0.05) is 6.07 Å². The van der Waals surface area contributed by atoms with Crippen molar-refractivity contribution < 1.29 is 0 Å². The zero-order chi connectivity index (χ0) is 17.2. The molecule has 124 valence electrons. The first-order valence-electron chi connectivity index (χ1n) is 7.81. The minimum Gasteiger partial charge on any atom is -0.384 e. The maximum absolute atomic E-state index is 5.72. The van der Waals surface area contributed by atoms with E-state index in [4.69, 9.17) is 10.7 Å². The molecule has 0 spiro atoms. The molecule has 0 aliphatic rings. The molecule has 8 heteroatoms. The highest BCUT2D eigenvalue weighted by atomic mass is 15.2. The van der Waals surface area contributed by atoms with Crippen molar-refractivity contribution in [2.45, 2.75) is 13.0 Å². The molecule has 0 aromatic carbocycles. The lowest BCUT2D eigenvalue weighted by atomic mass is 10.3. The van der Waals surface area contributed by atoms with Crippen molar-refractivity contribution in [3.8, 4) is 5.82 Å². The third kappa shape index (κ3) is 2.85. The summed E-state index contributed by atoms with van der Waals surface area (Å²) in [6, 6.07) is 11.1. The molecule has 0 saturated carbocycles. The molecule has 0 fully saturated rings. The minimum absolute atomic E-state index is 0.148. The Kier molecular flexibility index (Phi) is 3.70. The third-order valence-corrected chi connectivity index (χ3v) is 3.76. The number of aromatic nitrogens is 6. The predicted molar refractivity (Wildman–Crippen MR) is 95.1 cm³/mol. The molecule has 8 nitrogen and oxygen atoms in total. The van der Waals surface area contributed by atoms with Gasteiger partial charge < -0.3 is 11.1 Å². The molecule has 0 unspecified atom stereocenters. The Morgan fingerprint density at radius 3 is 2.72 bits per heavy atom. The molecule has 3 N–H and O–H groups in total. The highest BCUT2D eigenvalue weighted by molar-refractivity contribution is 5.73. The molecule has 0 saturated heterocycles. The first-order valence-corrected chi connectivity index (χ1v) is 7.81. The fourth-order valence-electron chi connectivity index (χ4n) is 2.67. The van der Waals surface area contributed by atoms with Gasteiger partial charge in [-0.15, -0.1) is 0 Å². The average Bonchev–Trinajstić information content (AvgIpc) is 3.02. The van der Waals surface area contributed by atoms with Crippen LogP contribution in [0.4, 0.5) is 11.6 Å². The number of rotatable bonds is 4. The number of nitrogens with zero attached hydrogens (tertiary/aromatic N) is 6. The van der Waals surface area contributed by atoms with Gasteiger partial charge in [-0.3, -0.25) is 4.57 Å². The lowest BCUT2D eigenvalue weighted by Crippen LogP contribution is -2.14. The molecule has 25 heavy (non-hydrogen) atoms. The van der Waals surface area contributed by atoms with Crippen LogP contribution in [0, 0.1) is 0 Å². The number of hydrogen-bond donors (Lipinski definition) is 2. The van der Waals surface area contributed by atoms with Gasteiger partial charge in [0, 0.05) is 18.5 Å². The summed E-state index contributed by atoms with van der Waals surface area (Å²) in [6.07, 6.45) is 4.92. The second-order valence-corrected chi connectivity index (χ2v) is 5.53. The molecule has 0 radical (unpaired) electrons. The van der Waals surface area contributed by atoms with Crippen molar-refractivity contribution in [2.75, 3.05) is 11.1 Å². The van der Waals surface area contributed by atoms with Gasteiger partial charge in [0.15, 0.2) is 5.65 Å². The monoisotopic (exact) mass is 332 g/mol. The zero-order valence-corrected chi connectivity index (χ0v) is 13.5. The summed E-state index contributed by atoms with van der Waals surface area (Å²) < 4.78 is 1.94. The van der Waals surface area contributed by atoms with Crippen LogP contribution in [0.5, 0.6) is 0 Å². The first kappa shape index (κ1) is 15.0. The van der Waals surface area contributed by atoms with E-state index >= 15 is 0 Å². The lowest BCUT2D eigenvalue weighted by molar-refractivity contribution is 0.758. The first-order chi connectivity index (χ1) is 12.2. The van der Waals surface area contributed by atoms with E-state index in [0.29, 0.717) is 11.6 Å². The van der Waals surface area contributed by atoms with E-state index in [0.717, 1.165) is 22.8 Å². The number of nitrogens with two attached hydrogens (primary N) is 1. The summed E-state index contributed by atoms with van der Waals surface area (Å²) in [5.74, 6) is 2.58. The Bertz CT molecular complexity index is 1010. The standard InChI is InChI=1S/C17H16N8/c1-11(23-14-9-13(18)21-10-22-14)16-24-12-5-4-8-20-17(12)25(16)15-6-2-3-7-19-15/h2-11H,1H3,(H3,18,21,22,23)/t11-/m0/s1. The summed E-state index contributed by atoms with van der Waals surface area (Å²) in [7, 11) is 0. The molecule has 4 aromatic heterocycles. The van der Waals surface area contributed by atoms with Crippen LogP contribution in [0.2, 0.25) is 0 Å². The van der Waals surface area contributed by atoms with Crippen LogP contribution >= 0.6 is 0 Å². The van der Waals surface area contributed by atoms with Crippen LogP contribution in [0.3, 0.4) is 0 Å². The van der Waals surface area contributed by atoms with Crippen LogP contribution in [-0.2, 0) is 0 Å². The Morgan fingerprint density at radius 1 is 1.04 bits per heavy atom. The Labute approximate surface area is 143 Å². The highest BCUT2D eigenvalue weighted by Gasteiger charge is 2.19. The summed E-state index contributed by atoms with van der Waals surface area (Å²) >= 11 is 0. The SMILES string of the molecule is C[C@H](Nc1cc(N)ncn1)c1nc2cccnc2n1-c1ccccn1. The zero-order valence-electron chi connectivity index (χ0n) is 13.5. The minimum atomic E-state index is -0.148. The number of fused-ring (bicyclic) bond motifs is 1. The Hall–Kier alpha value is -3.55. The van der Waals surface area contributed by atoms with E-state index in [1.165, 1.54) is 6.33 Å². The number of pyridine rings is 2. The van der Waals surface area contributed by atoms with Gasteiger partial charge in [-0.05, 0) is 31.2 Å². The van der Waals surface area contributed by atoms with Gasteiger partial charge >= 0.3 is 0 Å². The van der Waals surface area contributed by atoms with Gasteiger partial charge in [0.2, 0.25) is 0 Å². The molecule has 0 aliphatic heterocycles. The van der Waals surface area contributed by atoms with Crippen LogP contribution in [0.15, 0.2) is 55.1 Å². The third-order valence-electron chi connectivity index (χ3n) is 3.76. The van der Waals surface area contributed by atoms with Crippen LogP contribution in [-0.4, -0.2) is 29.5 Å². The molecule has 4 aromatic rings. The maximum atomic E-state index is 5.72. The summed E-state index contributed by atoms with van der Waals surface area (Å²) in [5.41, 5.74) is 7.28. The van der Waals surface area contributed by atoms with Gasteiger partial charge in [0.25, 0.3) is 0 Å². The van der Waals surface area contributed by atoms with Crippen molar-refractivity contribution in [1.82, 2.24) is 29.5 Å². The van der Waals surface area contributed by atoms with Crippen LogP contribution < -0.4 is 11.1 Å². The Morgan fingerprint density at radius 2 is 1.92 bits per heavy atom. The van der Waals surface area contributed by atoms with E-state index in [1.54, 1.807) is 18.5 Å². The summed E-state index contributed by atoms with van der Waals surface area (Å²) in [6.45, 7) is 2.00. The maximum Gasteiger partial charge on any atom is 0.165 e. The molecule has 4 heterocycles. The van der Waals surface area contributed by atoms with Gasteiger partial charge in [0.1, 0.15) is 35.1 Å². The van der Waals surface area contributed by atoms with E-state index in [-0.39, 0.29) is 6.04 Å². The van der Waals surface area contributed by atoms with Crippen molar-refractivity contribution in [3.63, 3.8) is 0 Å². The molecular weight excluding hydrogens is 316 g/mol. The fraction of sp³-hybridized carbons (Fsp3) is 0.118. The van der Waals surface area contributed by atoms with Gasteiger partial charge in [0.05, 0.1) is 6.04 Å². The van der Waals surface area contributed by atoms with E-state index < -0.39 is 0 Å². The van der Waals surface area contributed by atoms with Gasteiger partial charge in [-0.25, -0.2) is 24.9 Å². The lowest BCUT2D eigenvalue weighted by Gasteiger charge is -2.16. The van der Waals surface area contributed by atoms with E-state index in [2.05, 4.69) is 25.3 Å². The normalized spacial score (nSPS) is 12.2. The van der Waals surface area contributed by atoms with Crippen molar-refractivity contribution >= 4 is 22.8 Å².